The monoisotopic (exact) mass is 409 g/mol. The van der Waals surface area contributed by atoms with Crippen LogP contribution >= 0.6 is 0 Å². The number of hydrogen-bond acceptors (Lipinski definition) is 4. The number of hydrogen-bond donors (Lipinski definition) is 3. The lowest BCUT2D eigenvalue weighted by Crippen LogP contribution is -2.44. The van der Waals surface area contributed by atoms with Crippen LogP contribution in [-0.4, -0.2) is 50.1 Å². The first-order valence-corrected chi connectivity index (χ1v) is 10.5. The Balaban J connectivity index is 1.43. The zero-order chi connectivity index (χ0) is 21.2. The number of aliphatic imine (C=N–C) groups is 1. The van der Waals surface area contributed by atoms with Gasteiger partial charge in [0.05, 0.1) is 11.7 Å². The van der Waals surface area contributed by atoms with Crippen LogP contribution in [0.2, 0.25) is 0 Å². The number of amides is 1. The van der Waals surface area contributed by atoms with E-state index in [4.69, 9.17) is 4.74 Å². The van der Waals surface area contributed by atoms with Gasteiger partial charge in [0.2, 0.25) is 0 Å². The normalized spacial score (nSPS) is 19.2. The number of aryl methyl sites for hydroxylation is 1. The molecule has 0 saturated carbocycles. The Hall–Kier alpha value is -2.93. The Morgan fingerprint density at radius 2 is 1.97 bits per heavy atom. The molecule has 2 unspecified atom stereocenters. The van der Waals surface area contributed by atoms with Crippen molar-refractivity contribution in [3.05, 3.63) is 65.5 Å². The highest BCUT2D eigenvalue weighted by Gasteiger charge is 2.27. The third kappa shape index (κ3) is 6.29. The quantitative estimate of drug-likeness (QED) is 0.371. The van der Waals surface area contributed by atoms with Crippen molar-refractivity contribution in [2.75, 3.05) is 33.3 Å². The molecule has 1 amide bonds. The number of pyridine rings is 1. The lowest BCUT2D eigenvalue weighted by molar-refractivity contribution is -0.0265. The maximum Gasteiger partial charge on any atom is 0.252 e. The molecule has 1 saturated heterocycles. The summed E-state index contributed by atoms with van der Waals surface area (Å²) in [5.41, 5.74) is 3.04. The minimum absolute atomic E-state index is 0.101. The molecule has 7 nitrogen and oxygen atoms in total. The van der Waals surface area contributed by atoms with Gasteiger partial charge >= 0.3 is 0 Å². The first-order chi connectivity index (χ1) is 14.7. The number of nitrogens with one attached hydrogen (secondary N) is 3. The smallest absolute Gasteiger partial charge is 0.252 e. The second-order valence-electron chi connectivity index (χ2n) is 7.48. The lowest BCUT2D eigenvalue weighted by Gasteiger charge is -2.32. The van der Waals surface area contributed by atoms with Crippen LogP contribution in [0, 0.1) is 12.8 Å². The maximum absolute atomic E-state index is 12.0. The first kappa shape index (κ1) is 21.8. The molecule has 0 bridgehead atoms. The summed E-state index contributed by atoms with van der Waals surface area (Å²) < 4.78 is 6.10. The number of rotatable bonds is 7. The summed E-state index contributed by atoms with van der Waals surface area (Å²) in [4.78, 5) is 20.3. The zero-order valence-corrected chi connectivity index (χ0v) is 17.7. The molecule has 7 heteroatoms. The highest BCUT2D eigenvalue weighted by molar-refractivity contribution is 5.93. The molecule has 160 valence electrons. The minimum atomic E-state index is -0.131. The van der Waals surface area contributed by atoms with Gasteiger partial charge < -0.3 is 20.7 Å². The number of ether oxygens (including phenoxy) is 1. The van der Waals surface area contributed by atoms with E-state index in [0.29, 0.717) is 24.6 Å². The van der Waals surface area contributed by atoms with Gasteiger partial charge in [-0.1, -0.05) is 29.8 Å². The maximum atomic E-state index is 12.0. The van der Waals surface area contributed by atoms with Gasteiger partial charge in [-0.15, -0.1) is 0 Å². The highest BCUT2D eigenvalue weighted by Crippen LogP contribution is 2.33. The molecule has 2 heterocycles. The van der Waals surface area contributed by atoms with Crippen LogP contribution in [-0.2, 0) is 4.74 Å². The number of nitrogens with zero attached hydrogens (tertiary/aromatic N) is 2. The summed E-state index contributed by atoms with van der Waals surface area (Å²) in [6.45, 7) is 4.75. The van der Waals surface area contributed by atoms with Crippen LogP contribution in [0.3, 0.4) is 0 Å². The van der Waals surface area contributed by atoms with Gasteiger partial charge in [-0.25, -0.2) is 0 Å². The molecular weight excluding hydrogens is 378 g/mol. The minimum Gasteiger partial charge on any atom is -0.373 e. The topological polar surface area (TPSA) is 87.6 Å². The molecule has 3 rings (SSSR count). The summed E-state index contributed by atoms with van der Waals surface area (Å²) in [5.74, 6) is 0.970. The third-order valence-corrected chi connectivity index (χ3v) is 5.23. The van der Waals surface area contributed by atoms with Gasteiger partial charge in [-0.3, -0.25) is 14.8 Å². The molecule has 0 spiro atoms. The average molecular weight is 410 g/mol. The molecule has 0 radical (unpaired) electrons. The van der Waals surface area contributed by atoms with Gasteiger partial charge in [0.25, 0.3) is 5.91 Å². The summed E-state index contributed by atoms with van der Waals surface area (Å²) in [7, 11) is 1.75. The van der Waals surface area contributed by atoms with Crippen LogP contribution in [0.25, 0.3) is 0 Å². The van der Waals surface area contributed by atoms with E-state index in [0.717, 1.165) is 32.0 Å². The Kier molecular flexibility index (Phi) is 8.20. The van der Waals surface area contributed by atoms with Crippen LogP contribution in [0.15, 0.2) is 53.8 Å². The predicted molar refractivity (Wildman–Crippen MR) is 119 cm³/mol. The van der Waals surface area contributed by atoms with E-state index >= 15 is 0 Å². The van der Waals surface area contributed by atoms with Gasteiger partial charge in [0.15, 0.2) is 5.96 Å². The molecule has 2 aromatic rings. The van der Waals surface area contributed by atoms with Crippen molar-refractivity contribution < 1.29 is 9.53 Å². The SMILES string of the molecule is CN=C(NCCNC(=O)c1cccnc1)NCC1CCCOC1c1ccc(C)cc1. The van der Waals surface area contributed by atoms with Crippen molar-refractivity contribution in [2.45, 2.75) is 25.9 Å². The van der Waals surface area contributed by atoms with Crippen LogP contribution in [0.1, 0.15) is 40.4 Å². The number of guanidine groups is 1. The fourth-order valence-electron chi connectivity index (χ4n) is 3.58. The molecule has 1 aliphatic heterocycles. The van der Waals surface area contributed by atoms with Crippen molar-refractivity contribution in [1.82, 2.24) is 20.9 Å². The fraction of sp³-hybridized carbons (Fsp3) is 0.435. The lowest BCUT2D eigenvalue weighted by atomic mass is 9.89. The van der Waals surface area contributed by atoms with Crippen molar-refractivity contribution in [1.29, 1.82) is 0 Å². The number of carbonyl (C=O) groups excluding carboxylic acids is 1. The molecule has 2 atom stereocenters. The standard InChI is InChI=1S/C23H31N5O2/c1-17-7-9-18(10-8-17)21-19(6-4-14-30-21)16-28-23(24-2)27-13-12-26-22(29)20-5-3-11-25-15-20/h3,5,7-11,15,19,21H,4,6,12-14,16H2,1-2H3,(H,26,29)(H2,24,27,28). The van der Waals surface area contributed by atoms with Gasteiger partial charge in [0.1, 0.15) is 0 Å². The van der Waals surface area contributed by atoms with Gasteiger partial charge in [-0.2, -0.15) is 0 Å². The molecule has 30 heavy (non-hydrogen) atoms. The van der Waals surface area contributed by atoms with E-state index in [9.17, 15) is 4.79 Å². The number of aromatic nitrogens is 1. The molecule has 1 fully saturated rings. The van der Waals surface area contributed by atoms with Gasteiger partial charge in [-0.05, 0) is 37.5 Å². The molecule has 1 aromatic heterocycles. The van der Waals surface area contributed by atoms with Crippen molar-refractivity contribution >= 4 is 11.9 Å². The van der Waals surface area contributed by atoms with Crippen molar-refractivity contribution in [3.8, 4) is 0 Å². The summed E-state index contributed by atoms with van der Waals surface area (Å²) in [5, 5.41) is 9.52. The Labute approximate surface area is 178 Å². The molecule has 1 aromatic carbocycles. The Morgan fingerprint density at radius 1 is 1.17 bits per heavy atom. The van der Waals surface area contributed by atoms with E-state index in [1.54, 1.807) is 31.6 Å². The van der Waals surface area contributed by atoms with E-state index in [2.05, 4.69) is 57.1 Å². The highest BCUT2D eigenvalue weighted by atomic mass is 16.5. The first-order valence-electron chi connectivity index (χ1n) is 10.5. The average Bonchev–Trinajstić information content (AvgIpc) is 2.80. The zero-order valence-electron chi connectivity index (χ0n) is 17.7. The third-order valence-electron chi connectivity index (χ3n) is 5.23. The second kappa shape index (κ2) is 11.3. The number of benzene rings is 1. The van der Waals surface area contributed by atoms with Crippen molar-refractivity contribution in [2.24, 2.45) is 10.9 Å². The number of carbonyl (C=O) groups is 1. The fourth-order valence-corrected chi connectivity index (χ4v) is 3.58. The molecular formula is C23H31N5O2. The second-order valence-corrected chi connectivity index (χ2v) is 7.48. The molecule has 0 aliphatic carbocycles. The summed E-state index contributed by atoms with van der Waals surface area (Å²) in [6, 6.07) is 12.1. The van der Waals surface area contributed by atoms with E-state index in [1.165, 1.54) is 11.1 Å². The van der Waals surface area contributed by atoms with E-state index in [1.807, 2.05) is 0 Å². The summed E-state index contributed by atoms with van der Waals surface area (Å²) >= 11 is 0. The molecule has 1 aliphatic rings. The summed E-state index contributed by atoms with van der Waals surface area (Å²) in [6.07, 6.45) is 5.49. The Bertz CT molecular complexity index is 823. The van der Waals surface area contributed by atoms with Crippen LogP contribution in [0.4, 0.5) is 0 Å². The van der Waals surface area contributed by atoms with E-state index < -0.39 is 0 Å². The molecule has 3 N–H and O–H groups in total. The Morgan fingerprint density at radius 3 is 2.70 bits per heavy atom. The van der Waals surface area contributed by atoms with Crippen LogP contribution in [0.5, 0.6) is 0 Å². The van der Waals surface area contributed by atoms with Crippen molar-refractivity contribution in [3.63, 3.8) is 0 Å². The largest absolute Gasteiger partial charge is 0.373 e. The van der Waals surface area contributed by atoms with Gasteiger partial charge in [0, 0.05) is 51.6 Å². The van der Waals surface area contributed by atoms with Crippen LogP contribution < -0.4 is 16.0 Å². The predicted octanol–water partition coefficient (Wildman–Crippen LogP) is 2.45. The van der Waals surface area contributed by atoms with E-state index in [-0.39, 0.29) is 12.0 Å².